The number of piperidine rings is 1. The zero-order valence-corrected chi connectivity index (χ0v) is 17.5. The average molecular weight is 431 g/mol. The van der Waals surface area contributed by atoms with Crippen molar-refractivity contribution in [3.8, 4) is 17.6 Å². The largest absolute Gasteiger partial charge is 0.548 e. The van der Waals surface area contributed by atoms with Crippen LogP contribution in [-0.2, 0) is 4.79 Å². The molecule has 0 aromatic heterocycles. The summed E-state index contributed by atoms with van der Waals surface area (Å²) in [5, 5.41) is 27.0. The first-order valence-corrected chi connectivity index (χ1v) is 9.71. The highest BCUT2D eigenvalue weighted by atomic mass is 35.5. The van der Waals surface area contributed by atoms with Gasteiger partial charge < -0.3 is 30.0 Å². The minimum absolute atomic E-state index is 0. The standard InChI is InChI=1S/C22H25N3O4.ClH/c1-2-28-19-11-16(12-20(13-19)29-18-7-9-24-10-8-18)21(22(26)27)25-17-5-3-15(14-23)4-6-17;/h3-6,11-13,18,21,24-25H,2,7-10H2,1H3,(H,26,27);1H/p-1. The van der Waals surface area contributed by atoms with Crippen molar-refractivity contribution in [2.24, 2.45) is 0 Å². The molecule has 0 radical (unpaired) electrons. The van der Waals surface area contributed by atoms with Crippen LogP contribution in [0.5, 0.6) is 11.5 Å². The second-order valence-corrected chi connectivity index (χ2v) is 6.82. The Morgan fingerprint density at radius 1 is 1.23 bits per heavy atom. The summed E-state index contributed by atoms with van der Waals surface area (Å²) < 4.78 is 11.7. The van der Waals surface area contributed by atoms with Crippen molar-refractivity contribution in [3.05, 3.63) is 53.6 Å². The molecule has 0 aliphatic carbocycles. The number of nitrogens with zero attached hydrogens (tertiary/aromatic N) is 1. The van der Waals surface area contributed by atoms with Crippen LogP contribution in [0.2, 0.25) is 0 Å². The van der Waals surface area contributed by atoms with E-state index < -0.39 is 12.0 Å². The van der Waals surface area contributed by atoms with E-state index in [1.807, 2.05) is 13.0 Å². The van der Waals surface area contributed by atoms with E-state index in [1.165, 1.54) is 0 Å². The number of rotatable bonds is 8. The lowest BCUT2D eigenvalue weighted by molar-refractivity contribution is -0.307. The number of nitriles is 1. The number of carboxylic acids is 1. The lowest BCUT2D eigenvalue weighted by atomic mass is 10.0. The average Bonchev–Trinajstić information content (AvgIpc) is 2.73. The van der Waals surface area contributed by atoms with Gasteiger partial charge in [0.25, 0.3) is 0 Å². The number of hydrogen-bond acceptors (Lipinski definition) is 7. The van der Waals surface area contributed by atoms with E-state index in [9.17, 15) is 9.90 Å². The summed E-state index contributed by atoms with van der Waals surface area (Å²) >= 11 is 0. The number of halogens is 1. The van der Waals surface area contributed by atoms with Crippen molar-refractivity contribution < 1.29 is 19.4 Å². The van der Waals surface area contributed by atoms with Crippen molar-refractivity contribution in [3.63, 3.8) is 0 Å². The van der Waals surface area contributed by atoms with E-state index in [0.717, 1.165) is 25.9 Å². The minimum atomic E-state index is -1.27. The van der Waals surface area contributed by atoms with Gasteiger partial charge >= 0.3 is 0 Å². The number of hydrogen-bond donors (Lipinski definition) is 2. The van der Waals surface area contributed by atoms with Gasteiger partial charge in [-0.05, 0) is 74.8 Å². The van der Waals surface area contributed by atoms with Gasteiger partial charge in [0.15, 0.2) is 0 Å². The topological polar surface area (TPSA) is 106 Å². The van der Waals surface area contributed by atoms with Gasteiger partial charge in [0.1, 0.15) is 17.6 Å². The zero-order chi connectivity index (χ0) is 20.6. The lowest BCUT2D eigenvalue weighted by Gasteiger charge is -2.26. The molecular weight excluding hydrogens is 406 g/mol. The van der Waals surface area contributed by atoms with Crippen LogP contribution in [0.3, 0.4) is 0 Å². The van der Waals surface area contributed by atoms with Crippen LogP contribution >= 0.6 is 12.4 Å². The Morgan fingerprint density at radius 3 is 2.50 bits per heavy atom. The Morgan fingerprint density at radius 2 is 1.90 bits per heavy atom. The number of carboxylic acid groups (broad SMARTS) is 1. The quantitative estimate of drug-likeness (QED) is 0.662. The molecule has 1 unspecified atom stereocenters. The zero-order valence-electron chi connectivity index (χ0n) is 16.7. The fourth-order valence-corrected chi connectivity index (χ4v) is 3.27. The van der Waals surface area contributed by atoms with Crippen LogP contribution in [0, 0.1) is 11.3 Å². The normalized spacial score (nSPS) is 14.7. The molecular formula is C22H25ClN3O4-. The molecule has 2 aromatic carbocycles. The van der Waals surface area contributed by atoms with Crippen molar-refractivity contribution in [1.82, 2.24) is 5.32 Å². The third-order valence-corrected chi connectivity index (χ3v) is 4.70. The second kappa shape index (κ2) is 11.3. The van der Waals surface area contributed by atoms with Crippen molar-refractivity contribution >= 4 is 24.1 Å². The number of benzene rings is 2. The number of carbonyl (C=O) groups is 1. The highest BCUT2D eigenvalue weighted by Crippen LogP contribution is 2.30. The fourth-order valence-electron chi connectivity index (χ4n) is 3.27. The highest BCUT2D eigenvalue weighted by Gasteiger charge is 2.19. The van der Waals surface area contributed by atoms with Gasteiger partial charge in [-0.1, -0.05) is 0 Å². The summed E-state index contributed by atoms with van der Waals surface area (Å²) in [6, 6.07) is 12.7. The van der Waals surface area contributed by atoms with Crippen LogP contribution in [0.1, 0.15) is 36.9 Å². The first kappa shape index (κ1) is 23.3. The Hall–Kier alpha value is -2.95. The molecule has 1 fully saturated rings. The molecule has 0 bridgehead atoms. The molecule has 1 aliphatic rings. The summed E-state index contributed by atoms with van der Waals surface area (Å²) in [6.07, 6.45) is 1.86. The maximum Gasteiger partial charge on any atom is 0.123 e. The molecule has 0 saturated carbocycles. The maximum absolute atomic E-state index is 11.9. The number of nitrogens with one attached hydrogen (secondary N) is 2. The van der Waals surface area contributed by atoms with Crippen molar-refractivity contribution in [2.45, 2.75) is 31.9 Å². The molecule has 1 saturated heterocycles. The molecule has 2 N–H and O–H groups in total. The van der Waals surface area contributed by atoms with Crippen LogP contribution in [-0.4, -0.2) is 31.8 Å². The molecule has 30 heavy (non-hydrogen) atoms. The Bertz CT molecular complexity index is 877. The molecule has 8 heteroatoms. The van der Waals surface area contributed by atoms with Crippen LogP contribution < -0.4 is 25.2 Å². The third-order valence-electron chi connectivity index (χ3n) is 4.70. The van der Waals surface area contributed by atoms with Gasteiger partial charge in [-0.25, -0.2) is 0 Å². The van der Waals surface area contributed by atoms with Crippen LogP contribution in [0.25, 0.3) is 0 Å². The smallest absolute Gasteiger partial charge is 0.123 e. The minimum Gasteiger partial charge on any atom is -0.548 e. The molecule has 1 atom stereocenters. The molecule has 160 valence electrons. The summed E-state index contributed by atoms with van der Waals surface area (Å²) in [5.41, 5.74) is 1.54. The molecule has 2 aromatic rings. The predicted octanol–water partition coefficient (Wildman–Crippen LogP) is 2.41. The van der Waals surface area contributed by atoms with Gasteiger partial charge in [0.05, 0.1) is 30.3 Å². The molecule has 3 rings (SSSR count). The van der Waals surface area contributed by atoms with E-state index in [4.69, 9.17) is 14.7 Å². The van der Waals surface area contributed by atoms with E-state index in [0.29, 0.717) is 34.9 Å². The first-order valence-electron chi connectivity index (χ1n) is 9.71. The molecule has 0 spiro atoms. The van der Waals surface area contributed by atoms with Crippen molar-refractivity contribution in [2.75, 3.05) is 25.0 Å². The monoisotopic (exact) mass is 430 g/mol. The third kappa shape index (κ3) is 6.28. The van der Waals surface area contributed by atoms with Gasteiger partial charge in [-0.3, -0.25) is 0 Å². The number of ether oxygens (including phenoxy) is 2. The Labute approximate surface area is 182 Å². The lowest BCUT2D eigenvalue weighted by Crippen LogP contribution is -2.35. The second-order valence-electron chi connectivity index (χ2n) is 6.82. The van der Waals surface area contributed by atoms with E-state index in [-0.39, 0.29) is 18.5 Å². The number of carbonyl (C=O) groups excluding carboxylic acids is 1. The molecule has 7 nitrogen and oxygen atoms in total. The SMILES string of the molecule is CCOc1cc(OC2CCNCC2)cc(C(Nc2ccc(C#N)cc2)C(=O)[O-])c1.Cl. The number of anilines is 1. The molecule has 1 heterocycles. The van der Waals surface area contributed by atoms with E-state index in [1.54, 1.807) is 42.5 Å². The van der Waals surface area contributed by atoms with Gasteiger partial charge in [0, 0.05) is 11.8 Å². The van der Waals surface area contributed by atoms with Crippen molar-refractivity contribution in [1.29, 1.82) is 5.26 Å². The van der Waals surface area contributed by atoms with Gasteiger partial charge in [0.2, 0.25) is 0 Å². The van der Waals surface area contributed by atoms with Crippen LogP contribution in [0.15, 0.2) is 42.5 Å². The van der Waals surface area contributed by atoms with Gasteiger partial charge in [-0.2, -0.15) is 5.26 Å². The summed E-state index contributed by atoms with van der Waals surface area (Å²) in [5.74, 6) is -0.150. The maximum atomic E-state index is 11.9. The predicted molar refractivity (Wildman–Crippen MR) is 114 cm³/mol. The summed E-state index contributed by atoms with van der Waals surface area (Å²) in [4.78, 5) is 11.9. The Kier molecular flexibility index (Phi) is 8.78. The highest BCUT2D eigenvalue weighted by molar-refractivity contribution is 5.85. The Balaban J connectivity index is 0.00000320. The first-order chi connectivity index (χ1) is 14.1. The molecule has 0 amide bonds. The van der Waals surface area contributed by atoms with E-state index in [2.05, 4.69) is 10.6 Å². The van der Waals surface area contributed by atoms with Gasteiger partial charge in [-0.15, -0.1) is 12.4 Å². The van der Waals surface area contributed by atoms with E-state index >= 15 is 0 Å². The molecule has 1 aliphatic heterocycles. The summed E-state index contributed by atoms with van der Waals surface area (Å²) in [6.45, 7) is 4.11. The van der Waals surface area contributed by atoms with Crippen LogP contribution in [0.4, 0.5) is 5.69 Å². The summed E-state index contributed by atoms with van der Waals surface area (Å²) in [7, 11) is 0. The number of aliphatic carboxylic acids is 1. The fraction of sp³-hybridized carbons (Fsp3) is 0.364.